The second-order valence-corrected chi connectivity index (χ2v) is 6.86. The molecule has 1 N–H and O–H groups in total. The van der Waals surface area contributed by atoms with Crippen LogP contribution in [0.1, 0.15) is 58.4 Å². The number of amides is 1. The van der Waals surface area contributed by atoms with Crippen LogP contribution in [0.5, 0.6) is 0 Å². The lowest BCUT2D eigenvalue weighted by Crippen LogP contribution is -2.39. The van der Waals surface area contributed by atoms with Gasteiger partial charge in [0.25, 0.3) is 5.91 Å². The van der Waals surface area contributed by atoms with Crippen LogP contribution >= 0.6 is 0 Å². The van der Waals surface area contributed by atoms with Crippen LogP contribution in [0.15, 0.2) is 30.3 Å². The Morgan fingerprint density at radius 3 is 2.26 bits per heavy atom. The minimum Gasteiger partial charge on any atom is -0.451 e. The fourth-order valence-corrected chi connectivity index (χ4v) is 3.10. The van der Waals surface area contributed by atoms with Gasteiger partial charge in [0.05, 0.1) is 0 Å². The SMILES string of the molecule is CC(=O)c1c(C)[nH]c(C(=O)OCC(=O)N(Cc2ccccc2)C(C)C)c1C. The van der Waals surface area contributed by atoms with Gasteiger partial charge in [0.15, 0.2) is 12.4 Å². The molecule has 1 aromatic heterocycles. The van der Waals surface area contributed by atoms with E-state index in [1.807, 2.05) is 44.2 Å². The van der Waals surface area contributed by atoms with Gasteiger partial charge in [-0.2, -0.15) is 0 Å². The maximum atomic E-state index is 12.6. The predicted molar refractivity (Wildman–Crippen MR) is 103 cm³/mol. The zero-order valence-electron chi connectivity index (χ0n) is 16.5. The van der Waals surface area contributed by atoms with Crippen LogP contribution in [0.3, 0.4) is 0 Å². The number of rotatable bonds is 7. The summed E-state index contributed by atoms with van der Waals surface area (Å²) < 4.78 is 5.21. The molecule has 144 valence electrons. The van der Waals surface area contributed by atoms with Gasteiger partial charge in [0, 0.05) is 23.8 Å². The Labute approximate surface area is 159 Å². The largest absolute Gasteiger partial charge is 0.451 e. The number of carbonyl (C=O) groups is 3. The fraction of sp³-hybridized carbons (Fsp3) is 0.381. The molecule has 0 radical (unpaired) electrons. The Morgan fingerprint density at radius 1 is 1.11 bits per heavy atom. The Kier molecular flexibility index (Phi) is 6.55. The van der Waals surface area contributed by atoms with Gasteiger partial charge in [-0.25, -0.2) is 4.79 Å². The van der Waals surface area contributed by atoms with Crippen molar-refractivity contribution < 1.29 is 19.1 Å². The molecule has 0 aliphatic rings. The zero-order chi connectivity index (χ0) is 20.1. The smallest absolute Gasteiger partial charge is 0.355 e. The number of ether oxygens (including phenoxy) is 1. The van der Waals surface area contributed by atoms with E-state index in [1.165, 1.54) is 6.92 Å². The van der Waals surface area contributed by atoms with Gasteiger partial charge < -0.3 is 14.6 Å². The second kappa shape index (κ2) is 8.66. The number of hydrogen-bond acceptors (Lipinski definition) is 4. The van der Waals surface area contributed by atoms with Gasteiger partial charge in [0.1, 0.15) is 5.69 Å². The van der Waals surface area contributed by atoms with Crippen molar-refractivity contribution in [1.29, 1.82) is 0 Å². The average molecular weight is 370 g/mol. The van der Waals surface area contributed by atoms with Gasteiger partial charge in [-0.1, -0.05) is 30.3 Å². The number of hydrogen-bond donors (Lipinski definition) is 1. The third kappa shape index (κ3) is 4.84. The number of aromatic amines is 1. The van der Waals surface area contributed by atoms with E-state index in [9.17, 15) is 14.4 Å². The highest BCUT2D eigenvalue weighted by molar-refractivity contribution is 6.01. The maximum absolute atomic E-state index is 12.6. The second-order valence-electron chi connectivity index (χ2n) is 6.86. The summed E-state index contributed by atoms with van der Waals surface area (Å²) in [6.45, 7) is 8.80. The van der Waals surface area contributed by atoms with Crippen molar-refractivity contribution >= 4 is 17.7 Å². The molecule has 0 saturated carbocycles. The Hall–Kier alpha value is -2.89. The number of benzene rings is 1. The molecule has 1 aromatic carbocycles. The normalized spacial score (nSPS) is 10.7. The summed E-state index contributed by atoms with van der Waals surface area (Å²) in [5.74, 6) is -1.03. The van der Waals surface area contributed by atoms with Gasteiger partial charge in [-0.05, 0) is 45.7 Å². The summed E-state index contributed by atoms with van der Waals surface area (Å²) in [5, 5.41) is 0. The van der Waals surface area contributed by atoms with E-state index in [4.69, 9.17) is 4.74 Å². The molecule has 0 spiro atoms. The average Bonchev–Trinajstić information content (AvgIpc) is 2.92. The van der Waals surface area contributed by atoms with Crippen molar-refractivity contribution in [3.63, 3.8) is 0 Å². The van der Waals surface area contributed by atoms with Crippen LogP contribution in [0.2, 0.25) is 0 Å². The number of aryl methyl sites for hydroxylation is 1. The van der Waals surface area contributed by atoms with Crippen LogP contribution in [0.4, 0.5) is 0 Å². The Morgan fingerprint density at radius 2 is 1.74 bits per heavy atom. The van der Waals surface area contributed by atoms with E-state index in [0.29, 0.717) is 23.4 Å². The molecule has 0 aliphatic heterocycles. The van der Waals surface area contributed by atoms with Crippen molar-refractivity contribution in [2.75, 3.05) is 6.61 Å². The zero-order valence-corrected chi connectivity index (χ0v) is 16.5. The number of H-pyrrole nitrogens is 1. The molecule has 0 atom stereocenters. The van der Waals surface area contributed by atoms with Gasteiger partial charge >= 0.3 is 5.97 Å². The lowest BCUT2D eigenvalue weighted by atomic mass is 10.1. The lowest BCUT2D eigenvalue weighted by molar-refractivity contribution is -0.136. The number of aromatic nitrogens is 1. The van der Waals surface area contributed by atoms with Gasteiger partial charge in [-0.3, -0.25) is 9.59 Å². The third-order valence-corrected chi connectivity index (χ3v) is 4.46. The first-order valence-corrected chi connectivity index (χ1v) is 8.93. The highest BCUT2D eigenvalue weighted by Gasteiger charge is 2.23. The van der Waals surface area contributed by atoms with Crippen molar-refractivity contribution in [2.24, 2.45) is 0 Å². The summed E-state index contributed by atoms with van der Waals surface area (Å²) in [6, 6.07) is 9.62. The van der Waals surface area contributed by atoms with Crippen molar-refractivity contribution in [1.82, 2.24) is 9.88 Å². The number of esters is 1. The molecule has 1 heterocycles. The van der Waals surface area contributed by atoms with E-state index >= 15 is 0 Å². The summed E-state index contributed by atoms with van der Waals surface area (Å²) in [4.78, 5) is 41.2. The molecule has 6 heteroatoms. The molecule has 0 fully saturated rings. The van der Waals surface area contributed by atoms with Crippen LogP contribution in [0.25, 0.3) is 0 Å². The molecule has 2 aromatic rings. The highest BCUT2D eigenvalue weighted by atomic mass is 16.5. The molecule has 27 heavy (non-hydrogen) atoms. The number of ketones is 1. The first-order valence-electron chi connectivity index (χ1n) is 8.93. The molecule has 0 unspecified atom stereocenters. The molecule has 6 nitrogen and oxygen atoms in total. The predicted octanol–water partition coefficient (Wildman–Crippen LogP) is 3.43. The van der Waals surface area contributed by atoms with E-state index in [2.05, 4.69) is 4.98 Å². The first kappa shape index (κ1) is 20.4. The summed E-state index contributed by atoms with van der Waals surface area (Å²) in [5.41, 5.74) is 2.87. The summed E-state index contributed by atoms with van der Waals surface area (Å²) in [6.07, 6.45) is 0. The molecular weight excluding hydrogens is 344 g/mol. The van der Waals surface area contributed by atoms with E-state index in [-0.39, 0.29) is 30.0 Å². The van der Waals surface area contributed by atoms with Crippen LogP contribution < -0.4 is 0 Å². The number of nitrogens with zero attached hydrogens (tertiary/aromatic N) is 1. The van der Waals surface area contributed by atoms with Crippen molar-refractivity contribution in [3.8, 4) is 0 Å². The number of nitrogens with one attached hydrogen (secondary N) is 1. The first-order chi connectivity index (χ1) is 12.7. The number of Topliss-reactive ketones (excluding diaryl/α,β-unsaturated/α-hetero) is 1. The van der Waals surface area contributed by atoms with Crippen LogP contribution in [-0.4, -0.2) is 40.2 Å². The monoisotopic (exact) mass is 370 g/mol. The molecular formula is C21H26N2O4. The molecule has 1 amide bonds. The molecule has 2 rings (SSSR count). The van der Waals surface area contributed by atoms with Crippen molar-refractivity contribution in [2.45, 2.75) is 47.2 Å². The van der Waals surface area contributed by atoms with Crippen LogP contribution in [-0.2, 0) is 16.1 Å². The molecule has 0 saturated heterocycles. The minimum absolute atomic E-state index is 0.0322. The van der Waals surface area contributed by atoms with E-state index in [1.54, 1.807) is 18.7 Å². The Bertz CT molecular complexity index is 837. The number of carbonyl (C=O) groups excluding carboxylic acids is 3. The summed E-state index contributed by atoms with van der Waals surface area (Å²) >= 11 is 0. The Balaban J connectivity index is 2.06. The third-order valence-electron chi connectivity index (χ3n) is 4.46. The van der Waals surface area contributed by atoms with Gasteiger partial charge in [0.2, 0.25) is 0 Å². The van der Waals surface area contributed by atoms with E-state index in [0.717, 1.165) is 5.56 Å². The van der Waals surface area contributed by atoms with Crippen LogP contribution in [0, 0.1) is 13.8 Å². The van der Waals surface area contributed by atoms with E-state index < -0.39 is 5.97 Å². The minimum atomic E-state index is -0.639. The summed E-state index contributed by atoms with van der Waals surface area (Å²) in [7, 11) is 0. The maximum Gasteiger partial charge on any atom is 0.355 e. The standard InChI is InChI=1S/C21H26N2O4/c1-13(2)23(11-17-9-7-6-8-10-17)18(25)12-27-21(26)20-14(3)19(16(5)24)15(4)22-20/h6-10,13,22H,11-12H2,1-5H3. The molecule has 0 aliphatic carbocycles. The quantitative estimate of drug-likeness (QED) is 0.598. The lowest BCUT2D eigenvalue weighted by Gasteiger charge is -2.26. The highest BCUT2D eigenvalue weighted by Crippen LogP contribution is 2.19. The van der Waals surface area contributed by atoms with Gasteiger partial charge in [-0.15, -0.1) is 0 Å². The topological polar surface area (TPSA) is 79.5 Å². The van der Waals surface area contributed by atoms with Crippen molar-refractivity contribution in [3.05, 3.63) is 58.4 Å². The fourth-order valence-electron chi connectivity index (χ4n) is 3.10. The molecule has 0 bridgehead atoms.